The van der Waals surface area contributed by atoms with Crippen molar-refractivity contribution in [3.05, 3.63) is 18.0 Å². The maximum atomic E-state index is 5.91. The standard InChI is InChI=1S/C18H29N5O.HI/c1-18(2)15(14-6-8-24-16(14)18)21-17(19-3)23-7-5-12(11-23)13-9-20-22(4)10-13;/h9-10,12,14-16H,5-8,11H2,1-4H3,(H,19,21);1H. The van der Waals surface area contributed by atoms with Crippen LogP contribution in [0, 0.1) is 11.3 Å². The number of hydrogen-bond acceptors (Lipinski definition) is 3. The number of aromatic nitrogens is 2. The number of hydrogen-bond donors (Lipinski definition) is 1. The Bertz CT molecular complexity index is 643. The second-order valence-electron chi connectivity index (χ2n) is 8.11. The van der Waals surface area contributed by atoms with Crippen LogP contribution in [0.5, 0.6) is 0 Å². The lowest BCUT2D eigenvalue weighted by molar-refractivity contribution is -0.107. The molecule has 0 radical (unpaired) electrons. The number of ether oxygens (including phenoxy) is 1. The molecule has 6 nitrogen and oxygen atoms in total. The van der Waals surface area contributed by atoms with Crippen LogP contribution in [0.15, 0.2) is 17.4 Å². The predicted molar refractivity (Wildman–Crippen MR) is 109 cm³/mol. The number of guanidine groups is 1. The molecule has 2 aliphatic heterocycles. The highest BCUT2D eigenvalue weighted by atomic mass is 127. The van der Waals surface area contributed by atoms with Crippen molar-refractivity contribution >= 4 is 29.9 Å². The van der Waals surface area contributed by atoms with Crippen LogP contribution in [0.2, 0.25) is 0 Å². The normalized spacial score (nSPS) is 33.6. The second kappa shape index (κ2) is 7.06. The molecule has 1 aliphatic carbocycles. The maximum Gasteiger partial charge on any atom is 0.193 e. The van der Waals surface area contributed by atoms with Gasteiger partial charge in [-0.2, -0.15) is 5.10 Å². The molecule has 3 aliphatic rings. The third-order valence-corrected chi connectivity index (χ3v) is 6.28. The molecule has 4 atom stereocenters. The zero-order valence-electron chi connectivity index (χ0n) is 15.6. The fraction of sp³-hybridized carbons (Fsp3) is 0.778. The summed E-state index contributed by atoms with van der Waals surface area (Å²) in [4.78, 5) is 6.97. The van der Waals surface area contributed by atoms with E-state index in [0.29, 0.717) is 24.0 Å². The average Bonchev–Trinajstić information content (AvgIpc) is 3.26. The Hall–Kier alpha value is -0.830. The molecule has 1 aromatic heterocycles. The molecular weight excluding hydrogens is 429 g/mol. The summed E-state index contributed by atoms with van der Waals surface area (Å²) in [6.45, 7) is 7.60. The largest absolute Gasteiger partial charge is 0.377 e. The van der Waals surface area contributed by atoms with E-state index >= 15 is 0 Å². The summed E-state index contributed by atoms with van der Waals surface area (Å²) in [6.07, 6.45) is 6.88. The van der Waals surface area contributed by atoms with Crippen molar-refractivity contribution < 1.29 is 4.74 Å². The Balaban J connectivity index is 0.00000182. The molecule has 0 aromatic carbocycles. The lowest BCUT2D eigenvalue weighted by Crippen LogP contribution is -2.68. The number of aryl methyl sites for hydroxylation is 1. The van der Waals surface area contributed by atoms with Crippen LogP contribution in [0.1, 0.15) is 38.2 Å². The molecule has 2 saturated heterocycles. The van der Waals surface area contributed by atoms with E-state index in [1.54, 1.807) is 0 Å². The Kier molecular flexibility index (Phi) is 5.35. The third kappa shape index (κ3) is 3.18. The van der Waals surface area contributed by atoms with E-state index in [9.17, 15) is 0 Å². The first-order valence-corrected chi connectivity index (χ1v) is 9.09. The fourth-order valence-corrected chi connectivity index (χ4v) is 4.93. The summed E-state index contributed by atoms with van der Waals surface area (Å²) in [5, 5.41) is 8.07. The van der Waals surface area contributed by atoms with Crippen LogP contribution in [0.4, 0.5) is 0 Å². The van der Waals surface area contributed by atoms with Crippen LogP contribution in [0.25, 0.3) is 0 Å². The molecule has 3 heterocycles. The summed E-state index contributed by atoms with van der Waals surface area (Å²) < 4.78 is 7.80. The van der Waals surface area contributed by atoms with Crippen LogP contribution >= 0.6 is 24.0 Å². The third-order valence-electron chi connectivity index (χ3n) is 6.28. The minimum atomic E-state index is 0. The first kappa shape index (κ1) is 18.9. The highest BCUT2D eigenvalue weighted by molar-refractivity contribution is 14.0. The van der Waals surface area contributed by atoms with Crippen LogP contribution in [-0.2, 0) is 11.8 Å². The quantitative estimate of drug-likeness (QED) is 0.419. The van der Waals surface area contributed by atoms with E-state index in [0.717, 1.165) is 32.1 Å². The molecule has 25 heavy (non-hydrogen) atoms. The molecule has 0 amide bonds. The number of halogens is 1. The van der Waals surface area contributed by atoms with Crippen molar-refractivity contribution in [3.8, 4) is 0 Å². The molecule has 7 heteroatoms. The van der Waals surface area contributed by atoms with Crippen LogP contribution in [0.3, 0.4) is 0 Å². The number of likely N-dealkylation sites (tertiary alicyclic amines) is 1. The number of nitrogens with one attached hydrogen (secondary N) is 1. The van der Waals surface area contributed by atoms with Gasteiger partial charge in [0.2, 0.25) is 0 Å². The summed E-state index contributed by atoms with van der Waals surface area (Å²) in [5.41, 5.74) is 1.52. The summed E-state index contributed by atoms with van der Waals surface area (Å²) >= 11 is 0. The minimum Gasteiger partial charge on any atom is -0.377 e. The summed E-state index contributed by atoms with van der Waals surface area (Å²) in [5.74, 6) is 2.23. The molecule has 1 aromatic rings. The Morgan fingerprint density at radius 3 is 2.88 bits per heavy atom. The Labute approximate surface area is 167 Å². The van der Waals surface area contributed by atoms with Crippen molar-refractivity contribution in [1.82, 2.24) is 20.0 Å². The second-order valence-corrected chi connectivity index (χ2v) is 8.11. The van der Waals surface area contributed by atoms with Crippen molar-refractivity contribution in [1.29, 1.82) is 0 Å². The molecule has 1 saturated carbocycles. The molecule has 0 bridgehead atoms. The van der Waals surface area contributed by atoms with Gasteiger partial charge in [-0.3, -0.25) is 9.67 Å². The lowest BCUT2D eigenvalue weighted by atomic mass is 9.57. The zero-order chi connectivity index (χ0) is 16.9. The van der Waals surface area contributed by atoms with Gasteiger partial charge in [-0.1, -0.05) is 13.8 Å². The van der Waals surface area contributed by atoms with Crippen molar-refractivity contribution in [2.75, 3.05) is 26.7 Å². The van der Waals surface area contributed by atoms with Gasteiger partial charge in [0, 0.05) is 63.3 Å². The highest BCUT2D eigenvalue weighted by Crippen LogP contribution is 2.52. The average molecular weight is 459 g/mol. The molecule has 1 N–H and O–H groups in total. The van der Waals surface area contributed by atoms with Gasteiger partial charge >= 0.3 is 0 Å². The maximum absolute atomic E-state index is 5.91. The van der Waals surface area contributed by atoms with Crippen LogP contribution < -0.4 is 5.32 Å². The number of fused-ring (bicyclic) bond motifs is 1. The van der Waals surface area contributed by atoms with E-state index < -0.39 is 0 Å². The molecule has 4 unspecified atom stereocenters. The van der Waals surface area contributed by atoms with E-state index in [2.05, 4.69) is 40.4 Å². The lowest BCUT2D eigenvalue weighted by Gasteiger charge is -2.55. The van der Waals surface area contributed by atoms with Crippen molar-refractivity contribution in [2.24, 2.45) is 23.4 Å². The van der Waals surface area contributed by atoms with E-state index in [-0.39, 0.29) is 29.4 Å². The van der Waals surface area contributed by atoms with Gasteiger partial charge in [-0.25, -0.2) is 0 Å². The van der Waals surface area contributed by atoms with Gasteiger partial charge in [0.15, 0.2) is 5.96 Å². The van der Waals surface area contributed by atoms with Gasteiger partial charge < -0.3 is 15.0 Å². The van der Waals surface area contributed by atoms with Gasteiger partial charge in [-0.05, 0) is 18.4 Å². The number of rotatable bonds is 2. The van der Waals surface area contributed by atoms with Gasteiger partial charge in [0.05, 0.1) is 12.3 Å². The van der Waals surface area contributed by atoms with Crippen LogP contribution in [-0.4, -0.2) is 59.5 Å². The van der Waals surface area contributed by atoms with E-state index in [4.69, 9.17) is 4.74 Å². The smallest absolute Gasteiger partial charge is 0.193 e. The van der Waals surface area contributed by atoms with E-state index in [1.165, 1.54) is 12.0 Å². The topological polar surface area (TPSA) is 54.7 Å². The number of aliphatic imine (C=N–C) groups is 1. The van der Waals surface area contributed by atoms with Gasteiger partial charge in [-0.15, -0.1) is 24.0 Å². The van der Waals surface area contributed by atoms with Crippen molar-refractivity contribution in [3.63, 3.8) is 0 Å². The highest BCUT2D eigenvalue weighted by Gasteiger charge is 2.59. The molecule has 140 valence electrons. The van der Waals surface area contributed by atoms with Gasteiger partial charge in [0.25, 0.3) is 0 Å². The minimum absolute atomic E-state index is 0. The molecule has 4 rings (SSSR count). The first-order valence-electron chi connectivity index (χ1n) is 9.09. The number of nitrogens with zero attached hydrogens (tertiary/aromatic N) is 4. The first-order chi connectivity index (χ1) is 11.5. The molecule has 3 fully saturated rings. The monoisotopic (exact) mass is 459 g/mol. The van der Waals surface area contributed by atoms with Gasteiger partial charge in [0.1, 0.15) is 0 Å². The zero-order valence-corrected chi connectivity index (χ0v) is 17.9. The molecule has 0 spiro atoms. The Morgan fingerprint density at radius 1 is 1.40 bits per heavy atom. The van der Waals surface area contributed by atoms with Crippen molar-refractivity contribution in [2.45, 2.75) is 44.8 Å². The summed E-state index contributed by atoms with van der Waals surface area (Å²) in [6, 6.07) is 0.459. The molecular formula is C18H30IN5O. The fourth-order valence-electron chi connectivity index (χ4n) is 4.93. The Morgan fingerprint density at radius 2 is 2.20 bits per heavy atom. The summed E-state index contributed by atoms with van der Waals surface area (Å²) in [7, 11) is 3.88. The van der Waals surface area contributed by atoms with E-state index in [1.807, 2.05) is 25.0 Å². The predicted octanol–water partition coefficient (Wildman–Crippen LogP) is 2.22. The SMILES string of the molecule is CN=C(NC1C2CCOC2C1(C)C)N1CCC(c2cnn(C)c2)C1.I.